The standard InChI is InChI=1S/C19H21ClFN3O/c20-14-4-5-15(17(21)10-14)16-11-23-18(6-2-1-3-7-18)19(16,25)12-24-9-8-22-13-24/h4-5,8-11,13,23,25H,1-3,6-7,12H2. The lowest BCUT2D eigenvalue weighted by Crippen LogP contribution is -2.60. The van der Waals surface area contributed by atoms with E-state index in [0.29, 0.717) is 22.7 Å². The number of nitrogens with zero attached hydrogens (tertiary/aromatic N) is 2. The maximum absolute atomic E-state index is 14.6. The Morgan fingerprint density at radius 1 is 1.28 bits per heavy atom. The summed E-state index contributed by atoms with van der Waals surface area (Å²) in [6.45, 7) is 0.327. The summed E-state index contributed by atoms with van der Waals surface area (Å²) < 4.78 is 16.4. The Balaban J connectivity index is 1.79. The lowest BCUT2D eigenvalue weighted by atomic mass is 9.67. The molecular formula is C19H21ClFN3O. The molecule has 4 rings (SSSR count). The van der Waals surface area contributed by atoms with Gasteiger partial charge in [0.2, 0.25) is 0 Å². The molecule has 1 saturated carbocycles. The van der Waals surface area contributed by atoms with E-state index in [-0.39, 0.29) is 0 Å². The fourth-order valence-electron chi connectivity index (χ4n) is 4.31. The van der Waals surface area contributed by atoms with Crippen molar-refractivity contribution in [1.82, 2.24) is 14.9 Å². The molecule has 0 saturated heterocycles. The highest BCUT2D eigenvalue weighted by Gasteiger charge is 2.56. The van der Waals surface area contributed by atoms with Crippen LogP contribution in [0.5, 0.6) is 0 Å². The number of imidazole rings is 1. The molecule has 0 bridgehead atoms. The fourth-order valence-corrected chi connectivity index (χ4v) is 4.47. The van der Waals surface area contributed by atoms with Crippen molar-refractivity contribution in [3.05, 3.63) is 59.5 Å². The van der Waals surface area contributed by atoms with Crippen LogP contribution in [0.15, 0.2) is 43.1 Å². The molecule has 1 fully saturated rings. The number of aliphatic hydroxyl groups is 1. The number of hydrogen-bond donors (Lipinski definition) is 2. The minimum atomic E-state index is -1.22. The Morgan fingerprint density at radius 2 is 2.08 bits per heavy atom. The van der Waals surface area contributed by atoms with Crippen molar-refractivity contribution in [3.8, 4) is 0 Å². The molecule has 1 aromatic heterocycles. The maximum Gasteiger partial charge on any atom is 0.132 e. The average Bonchev–Trinajstić information content (AvgIpc) is 3.18. The zero-order valence-electron chi connectivity index (χ0n) is 13.9. The first-order valence-electron chi connectivity index (χ1n) is 8.66. The third-order valence-electron chi connectivity index (χ3n) is 5.63. The van der Waals surface area contributed by atoms with Crippen molar-refractivity contribution in [1.29, 1.82) is 0 Å². The van der Waals surface area contributed by atoms with Crippen molar-refractivity contribution < 1.29 is 9.50 Å². The van der Waals surface area contributed by atoms with Gasteiger partial charge in [-0.3, -0.25) is 0 Å². The molecule has 2 aliphatic rings. The second-order valence-electron chi connectivity index (χ2n) is 7.06. The van der Waals surface area contributed by atoms with Crippen LogP contribution in [0.25, 0.3) is 5.57 Å². The van der Waals surface area contributed by atoms with Crippen molar-refractivity contribution in [2.45, 2.75) is 49.8 Å². The Morgan fingerprint density at radius 3 is 2.76 bits per heavy atom. The van der Waals surface area contributed by atoms with E-state index in [2.05, 4.69) is 10.3 Å². The van der Waals surface area contributed by atoms with Gasteiger partial charge >= 0.3 is 0 Å². The Bertz CT molecular complexity index is 799. The first-order chi connectivity index (χ1) is 12.0. The van der Waals surface area contributed by atoms with Gasteiger partial charge in [-0.1, -0.05) is 36.9 Å². The third-order valence-corrected chi connectivity index (χ3v) is 5.86. The number of benzene rings is 1. The predicted molar refractivity (Wildman–Crippen MR) is 95.5 cm³/mol. The van der Waals surface area contributed by atoms with Crippen LogP contribution < -0.4 is 5.32 Å². The van der Waals surface area contributed by atoms with E-state index in [9.17, 15) is 9.50 Å². The van der Waals surface area contributed by atoms with E-state index >= 15 is 0 Å². The molecule has 1 aliphatic carbocycles. The van der Waals surface area contributed by atoms with Gasteiger partial charge in [0.25, 0.3) is 0 Å². The average molecular weight is 362 g/mol. The molecular weight excluding hydrogens is 341 g/mol. The van der Waals surface area contributed by atoms with Crippen molar-refractivity contribution >= 4 is 17.2 Å². The largest absolute Gasteiger partial charge is 0.382 e. The van der Waals surface area contributed by atoms with Crippen LogP contribution in [-0.4, -0.2) is 25.8 Å². The molecule has 1 spiro atoms. The van der Waals surface area contributed by atoms with E-state index in [1.807, 2.05) is 10.8 Å². The number of rotatable bonds is 3. The zero-order valence-corrected chi connectivity index (χ0v) is 14.6. The quantitative estimate of drug-likeness (QED) is 0.875. The third kappa shape index (κ3) is 2.66. The number of hydrogen-bond acceptors (Lipinski definition) is 3. The minimum absolute atomic E-state index is 0.327. The van der Waals surface area contributed by atoms with Crippen LogP contribution in [0.3, 0.4) is 0 Å². The molecule has 0 amide bonds. The monoisotopic (exact) mass is 361 g/mol. The molecule has 25 heavy (non-hydrogen) atoms. The van der Waals surface area contributed by atoms with Crippen LogP contribution in [0.1, 0.15) is 37.7 Å². The number of halogens is 2. The zero-order chi connectivity index (χ0) is 17.5. The highest BCUT2D eigenvalue weighted by atomic mass is 35.5. The minimum Gasteiger partial charge on any atom is -0.382 e. The van der Waals surface area contributed by atoms with Crippen LogP contribution in [-0.2, 0) is 6.54 Å². The normalized spacial score (nSPS) is 25.0. The van der Waals surface area contributed by atoms with Crippen molar-refractivity contribution in [2.24, 2.45) is 0 Å². The van der Waals surface area contributed by atoms with E-state index in [0.717, 1.165) is 32.1 Å². The molecule has 4 nitrogen and oxygen atoms in total. The molecule has 1 unspecified atom stereocenters. The molecule has 132 valence electrons. The molecule has 1 aliphatic heterocycles. The molecule has 2 N–H and O–H groups in total. The van der Waals surface area contributed by atoms with Gasteiger partial charge in [-0.15, -0.1) is 0 Å². The molecule has 1 atom stereocenters. The maximum atomic E-state index is 14.6. The first-order valence-corrected chi connectivity index (χ1v) is 9.04. The van der Waals surface area contributed by atoms with Gasteiger partial charge in [0.15, 0.2) is 0 Å². The van der Waals surface area contributed by atoms with Crippen molar-refractivity contribution in [2.75, 3.05) is 0 Å². The summed E-state index contributed by atoms with van der Waals surface area (Å²) in [5.41, 5.74) is -0.723. The second-order valence-corrected chi connectivity index (χ2v) is 7.50. The molecule has 2 heterocycles. The van der Waals surface area contributed by atoms with Gasteiger partial charge in [0.1, 0.15) is 11.4 Å². The summed E-state index contributed by atoms with van der Waals surface area (Å²) in [6, 6.07) is 4.59. The summed E-state index contributed by atoms with van der Waals surface area (Å²) in [4.78, 5) is 4.08. The van der Waals surface area contributed by atoms with Gasteiger partial charge < -0.3 is 15.0 Å². The van der Waals surface area contributed by atoms with Crippen LogP contribution in [0, 0.1) is 5.82 Å². The summed E-state index contributed by atoms with van der Waals surface area (Å²) in [5, 5.41) is 15.6. The topological polar surface area (TPSA) is 50.1 Å². The summed E-state index contributed by atoms with van der Waals surface area (Å²) in [5.74, 6) is -0.419. The molecule has 2 aromatic rings. The highest BCUT2D eigenvalue weighted by Crippen LogP contribution is 2.49. The Labute approximate surface area is 151 Å². The van der Waals surface area contributed by atoms with E-state index < -0.39 is 17.0 Å². The smallest absolute Gasteiger partial charge is 0.132 e. The van der Waals surface area contributed by atoms with E-state index in [1.165, 1.54) is 6.07 Å². The van der Waals surface area contributed by atoms with E-state index in [4.69, 9.17) is 11.6 Å². The van der Waals surface area contributed by atoms with Gasteiger partial charge in [-0.05, 0) is 25.0 Å². The predicted octanol–water partition coefficient (Wildman–Crippen LogP) is 3.75. The van der Waals surface area contributed by atoms with E-state index in [1.54, 1.807) is 30.9 Å². The van der Waals surface area contributed by atoms with Crippen LogP contribution in [0.2, 0.25) is 5.02 Å². The second kappa shape index (κ2) is 6.15. The lowest BCUT2D eigenvalue weighted by molar-refractivity contribution is -0.0184. The van der Waals surface area contributed by atoms with Gasteiger partial charge in [0, 0.05) is 34.8 Å². The number of aromatic nitrogens is 2. The Kier molecular flexibility index (Phi) is 4.08. The molecule has 6 heteroatoms. The summed E-state index contributed by atoms with van der Waals surface area (Å²) >= 11 is 5.90. The fraction of sp³-hybridized carbons (Fsp3) is 0.421. The Hall–Kier alpha value is -1.85. The van der Waals surface area contributed by atoms with Gasteiger partial charge in [-0.2, -0.15) is 0 Å². The number of nitrogens with one attached hydrogen (secondary N) is 1. The highest BCUT2D eigenvalue weighted by molar-refractivity contribution is 6.30. The van der Waals surface area contributed by atoms with Crippen molar-refractivity contribution in [3.63, 3.8) is 0 Å². The molecule has 0 radical (unpaired) electrons. The summed E-state index contributed by atoms with van der Waals surface area (Å²) in [6.07, 6.45) is 11.9. The molecule has 1 aromatic carbocycles. The SMILES string of the molecule is OC1(Cn2ccnc2)C(c2ccc(Cl)cc2F)=CNC12CCCCC2. The van der Waals surface area contributed by atoms with Gasteiger partial charge in [0.05, 0.1) is 18.4 Å². The van der Waals surface area contributed by atoms with Crippen LogP contribution >= 0.6 is 11.6 Å². The van der Waals surface area contributed by atoms with Crippen LogP contribution in [0.4, 0.5) is 4.39 Å². The lowest BCUT2D eigenvalue weighted by Gasteiger charge is -2.46. The van der Waals surface area contributed by atoms with Gasteiger partial charge in [-0.25, -0.2) is 9.37 Å². The summed E-state index contributed by atoms with van der Waals surface area (Å²) in [7, 11) is 0. The first kappa shape index (κ1) is 16.6.